The minimum absolute atomic E-state index is 0.0117. The van der Waals surface area contributed by atoms with E-state index in [9.17, 15) is 19.1 Å². The van der Waals surface area contributed by atoms with Crippen LogP contribution in [0.15, 0.2) is 18.2 Å². The first-order valence-electron chi connectivity index (χ1n) is 6.78. The van der Waals surface area contributed by atoms with Crippen LogP contribution in [-0.2, 0) is 16.0 Å². The molecule has 0 bridgehead atoms. The average Bonchev–Trinajstić information content (AvgIpc) is 2.43. The second-order valence-corrected chi connectivity index (χ2v) is 5.39. The quantitative estimate of drug-likeness (QED) is 0.812. The van der Waals surface area contributed by atoms with Crippen LogP contribution in [0.4, 0.5) is 4.39 Å². The van der Waals surface area contributed by atoms with Gasteiger partial charge in [-0.2, -0.15) is 0 Å². The summed E-state index contributed by atoms with van der Waals surface area (Å²) in [6.45, 7) is 3.62. The Kier molecular flexibility index (Phi) is 6.15. The standard InChI is InChI=1S/C15H19ClFNO3/c1-3-15(4-2,14(20)21)9-18-13(19)7-10-5-6-11(17)8-12(10)16/h5-6,8H,3-4,7,9H2,1-2H3,(H,18,19)(H,20,21). The van der Waals surface area contributed by atoms with Gasteiger partial charge in [0.05, 0.1) is 11.8 Å². The van der Waals surface area contributed by atoms with Gasteiger partial charge >= 0.3 is 5.97 Å². The van der Waals surface area contributed by atoms with Crippen molar-refractivity contribution in [2.45, 2.75) is 33.1 Å². The van der Waals surface area contributed by atoms with Crippen LogP contribution in [0.5, 0.6) is 0 Å². The number of rotatable bonds is 7. The van der Waals surface area contributed by atoms with Crippen molar-refractivity contribution in [2.75, 3.05) is 6.54 Å². The maximum absolute atomic E-state index is 12.9. The van der Waals surface area contributed by atoms with Crippen LogP contribution in [0.3, 0.4) is 0 Å². The van der Waals surface area contributed by atoms with E-state index in [0.29, 0.717) is 18.4 Å². The molecule has 0 saturated heterocycles. The summed E-state index contributed by atoms with van der Waals surface area (Å²) in [7, 11) is 0. The molecular weight excluding hydrogens is 297 g/mol. The molecule has 0 aliphatic rings. The lowest BCUT2D eigenvalue weighted by molar-refractivity contribution is -0.149. The zero-order valence-electron chi connectivity index (χ0n) is 12.1. The van der Waals surface area contributed by atoms with E-state index in [1.54, 1.807) is 13.8 Å². The summed E-state index contributed by atoms with van der Waals surface area (Å²) in [4.78, 5) is 23.2. The van der Waals surface area contributed by atoms with Crippen molar-refractivity contribution in [3.63, 3.8) is 0 Å². The zero-order valence-corrected chi connectivity index (χ0v) is 12.8. The molecule has 0 fully saturated rings. The predicted molar refractivity (Wildman–Crippen MR) is 78.8 cm³/mol. The molecule has 116 valence electrons. The van der Waals surface area contributed by atoms with E-state index in [1.165, 1.54) is 12.1 Å². The highest BCUT2D eigenvalue weighted by molar-refractivity contribution is 6.31. The van der Waals surface area contributed by atoms with E-state index in [4.69, 9.17) is 11.6 Å². The van der Waals surface area contributed by atoms with Crippen LogP contribution in [0.2, 0.25) is 5.02 Å². The van der Waals surface area contributed by atoms with E-state index in [-0.39, 0.29) is 23.9 Å². The fourth-order valence-corrected chi connectivity index (χ4v) is 2.28. The number of halogens is 2. The first-order valence-corrected chi connectivity index (χ1v) is 7.16. The fraction of sp³-hybridized carbons (Fsp3) is 0.467. The molecule has 4 nitrogen and oxygen atoms in total. The predicted octanol–water partition coefficient (Wildman–Crippen LogP) is 3.03. The van der Waals surface area contributed by atoms with Crippen molar-refractivity contribution in [3.05, 3.63) is 34.6 Å². The minimum atomic E-state index is -0.956. The number of hydrogen-bond donors (Lipinski definition) is 2. The number of hydrogen-bond acceptors (Lipinski definition) is 2. The summed E-state index contributed by atoms with van der Waals surface area (Å²) >= 11 is 5.85. The molecule has 0 atom stereocenters. The molecule has 0 aliphatic heterocycles. The molecule has 2 N–H and O–H groups in total. The molecule has 0 aromatic heterocycles. The Balaban J connectivity index is 2.67. The molecule has 1 amide bonds. The topological polar surface area (TPSA) is 66.4 Å². The van der Waals surface area contributed by atoms with Crippen molar-refractivity contribution >= 4 is 23.5 Å². The number of carbonyl (C=O) groups excluding carboxylic acids is 1. The second-order valence-electron chi connectivity index (χ2n) is 4.98. The van der Waals surface area contributed by atoms with Gasteiger partial charge in [-0.3, -0.25) is 9.59 Å². The molecule has 0 spiro atoms. The summed E-state index contributed by atoms with van der Waals surface area (Å²) < 4.78 is 12.9. The average molecular weight is 316 g/mol. The van der Waals surface area contributed by atoms with Gasteiger partial charge in [-0.25, -0.2) is 4.39 Å². The number of benzene rings is 1. The highest BCUT2D eigenvalue weighted by atomic mass is 35.5. The number of carboxylic acid groups (broad SMARTS) is 1. The van der Waals surface area contributed by atoms with Gasteiger partial charge in [0.2, 0.25) is 5.91 Å². The maximum atomic E-state index is 12.9. The molecule has 21 heavy (non-hydrogen) atoms. The Morgan fingerprint density at radius 1 is 1.33 bits per heavy atom. The van der Waals surface area contributed by atoms with Gasteiger partial charge in [-0.15, -0.1) is 0 Å². The third-order valence-electron chi connectivity index (χ3n) is 3.80. The Labute approximate surface area is 128 Å². The smallest absolute Gasteiger partial charge is 0.311 e. The Hall–Kier alpha value is -1.62. The van der Waals surface area contributed by atoms with Gasteiger partial charge in [-0.05, 0) is 30.5 Å². The van der Waals surface area contributed by atoms with E-state index < -0.39 is 17.2 Å². The maximum Gasteiger partial charge on any atom is 0.311 e. The number of carbonyl (C=O) groups is 2. The number of carboxylic acids is 1. The number of nitrogens with one attached hydrogen (secondary N) is 1. The molecule has 0 saturated carbocycles. The van der Waals surface area contributed by atoms with Crippen molar-refractivity contribution in [1.82, 2.24) is 5.32 Å². The molecular formula is C15H19ClFNO3. The second kappa shape index (κ2) is 7.41. The summed E-state index contributed by atoms with van der Waals surface area (Å²) in [6.07, 6.45) is 0.842. The Morgan fingerprint density at radius 3 is 2.43 bits per heavy atom. The van der Waals surface area contributed by atoms with Gasteiger partial charge in [0.15, 0.2) is 0 Å². The Morgan fingerprint density at radius 2 is 1.95 bits per heavy atom. The third-order valence-corrected chi connectivity index (χ3v) is 4.15. The van der Waals surface area contributed by atoms with Gasteiger partial charge in [0.25, 0.3) is 0 Å². The zero-order chi connectivity index (χ0) is 16.0. The van der Waals surface area contributed by atoms with E-state index in [0.717, 1.165) is 6.07 Å². The third kappa shape index (κ3) is 4.43. The Bertz CT molecular complexity index is 530. The lowest BCUT2D eigenvalue weighted by Crippen LogP contribution is -2.42. The largest absolute Gasteiger partial charge is 0.481 e. The van der Waals surface area contributed by atoms with E-state index >= 15 is 0 Å². The van der Waals surface area contributed by atoms with Crippen molar-refractivity contribution in [3.8, 4) is 0 Å². The van der Waals surface area contributed by atoms with Crippen molar-refractivity contribution in [2.24, 2.45) is 5.41 Å². The lowest BCUT2D eigenvalue weighted by Gasteiger charge is -2.26. The SMILES string of the molecule is CCC(CC)(CNC(=O)Cc1ccc(F)cc1Cl)C(=O)O. The first kappa shape index (κ1) is 17.4. The minimum Gasteiger partial charge on any atom is -0.481 e. The van der Waals surface area contributed by atoms with Crippen LogP contribution in [0, 0.1) is 11.2 Å². The van der Waals surface area contributed by atoms with Gasteiger partial charge in [0.1, 0.15) is 5.82 Å². The fourth-order valence-electron chi connectivity index (χ4n) is 2.05. The molecule has 1 rings (SSSR count). The van der Waals surface area contributed by atoms with Crippen LogP contribution in [0.25, 0.3) is 0 Å². The summed E-state index contributed by atoms with van der Waals surface area (Å²) in [5, 5.41) is 12.1. The molecule has 1 aromatic carbocycles. The molecule has 0 radical (unpaired) electrons. The van der Waals surface area contributed by atoms with Crippen molar-refractivity contribution < 1.29 is 19.1 Å². The van der Waals surface area contributed by atoms with Gasteiger partial charge in [-0.1, -0.05) is 31.5 Å². The highest BCUT2D eigenvalue weighted by Gasteiger charge is 2.35. The molecule has 0 heterocycles. The van der Waals surface area contributed by atoms with Crippen LogP contribution in [0.1, 0.15) is 32.3 Å². The molecule has 0 unspecified atom stereocenters. The first-order chi connectivity index (χ1) is 9.84. The normalized spacial score (nSPS) is 11.2. The van der Waals surface area contributed by atoms with Crippen LogP contribution < -0.4 is 5.32 Å². The van der Waals surface area contributed by atoms with Gasteiger partial charge < -0.3 is 10.4 Å². The lowest BCUT2D eigenvalue weighted by atomic mass is 9.82. The van der Waals surface area contributed by atoms with Crippen LogP contribution in [-0.4, -0.2) is 23.5 Å². The van der Waals surface area contributed by atoms with E-state index in [1.807, 2.05) is 0 Å². The van der Waals surface area contributed by atoms with Gasteiger partial charge in [0, 0.05) is 11.6 Å². The van der Waals surface area contributed by atoms with E-state index in [2.05, 4.69) is 5.32 Å². The summed E-state index contributed by atoms with van der Waals surface area (Å²) in [6, 6.07) is 3.82. The summed E-state index contributed by atoms with van der Waals surface area (Å²) in [5.74, 6) is -1.73. The highest BCUT2D eigenvalue weighted by Crippen LogP contribution is 2.25. The molecule has 1 aromatic rings. The van der Waals surface area contributed by atoms with Crippen molar-refractivity contribution in [1.29, 1.82) is 0 Å². The van der Waals surface area contributed by atoms with Crippen LogP contribution >= 0.6 is 11.6 Å². The molecule has 0 aliphatic carbocycles. The number of amides is 1. The number of aliphatic carboxylic acids is 1. The molecule has 6 heteroatoms. The monoisotopic (exact) mass is 315 g/mol. The summed E-state index contributed by atoms with van der Waals surface area (Å²) in [5.41, 5.74) is -0.452.